The van der Waals surface area contributed by atoms with Crippen LogP contribution in [0.15, 0.2) is 22.7 Å². The molecule has 0 spiro atoms. The Labute approximate surface area is 107 Å². The first-order valence-electron chi connectivity index (χ1n) is 5.47. The number of hydrogen-bond donors (Lipinski definition) is 1. The Morgan fingerprint density at radius 1 is 1.29 bits per heavy atom. The van der Waals surface area contributed by atoms with Gasteiger partial charge in [0, 0.05) is 10.2 Å². The van der Waals surface area contributed by atoms with Gasteiger partial charge in [-0.2, -0.15) is 0 Å². The Kier molecular flexibility index (Phi) is 2.26. The monoisotopic (exact) mass is 294 g/mol. The van der Waals surface area contributed by atoms with E-state index < -0.39 is 0 Å². The number of fused-ring (bicyclic) bond motifs is 1. The number of anilines is 1. The largest absolute Gasteiger partial charge is 0.398 e. The van der Waals surface area contributed by atoms with E-state index >= 15 is 0 Å². The average Bonchev–Trinajstić information content (AvgIpc) is 3.05. The van der Waals surface area contributed by atoms with Gasteiger partial charge in [-0.1, -0.05) is 12.1 Å². The number of carbonyl (C=O) groups excluding carboxylic acids is 2. The van der Waals surface area contributed by atoms with E-state index in [-0.39, 0.29) is 23.7 Å². The molecule has 1 saturated carbocycles. The maximum atomic E-state index is 11.8. The second-order valence-electron chi connectivity index (χ2n) is 4.53. The molecule has 1 heterocycles. The Morgan fingerprint density at radius 3 is 2.59 bits per heavy atom. The van der Waals surface area contributed by atoms with Crippen LogP contribution in [0.25, 0.3) is 0 Å². The number of piperidine rings is 1. The van der Waals surface area contributed by atoms with E-state index in [2.05, 4.69) is 15.9 Å². The number of benzene rings is 1. The summed E-state index contributed by atoms with van der Waals surface area (Å²) in [5.41, 5.74) is 7.25. The normalized spacial score (nSPS) is 26.3. The van der Waals surface area contributed by atoms with Crippen LogP contribution in [0, 0.1) is 11.8 Å². The van der Waals surface area contributed by atoms with Crippen molar-refractivity contribution in [2.45, 2.75) is 13.0 Å². The van der Waals surface area contributed by atoms with Gasteiger partial charge in [0.2, 0.25) is 11.8 Å². The minimum absolute atomic E-state index is 0.0330. The Bertz CT molecular complexity index is 509. The number of rotatable bonds is 2. The minimum Gasteiger partial charge on any atom is -0.398 e. The summed E-state index contributed by atoms with van der Waals surface area (Å²) < 4.78 is 0.765. The van der Waals surface area contributed by atoms with Crippen molar-refractivity contribution in [2.24, 2.45) is 11.8 Å². The molecule has 17 heavy (non-hydrogen) atoms. The standard InChI is InChI=1S/C12H11BrN2O2/c13-10-6(2-1-3-9(10)14)5-15-11(16)7-4-8(7)12(15)17/h1-3,7-8H,4-5,14H2. The lowest BCUT2D eigenvalue weighted by Crippen LogP contribution is -2.32. The molecule has 2 N–H and O–H groups in total. The second-order valence-corrected chi connectivity index (χ2v) is 5.32. The van der Waals surface area contributed by atoms with E-state index in [4.69, 9.17) is 5.73 Å². The highest BCUT2D eigenvalue weighted by Gasteiger charge is 2.58. The maximum Gasteiger partial charge on any atom is 0.233 e. The van der Waals surface area contributed by atoms with Crippen LogP contribution >= 0.6 is 15.9 Å². The molecule has 2 unspecified atom stereocenters. The summed E-state index contributed by atoms with van der Waals surface area (Å²) in [6, 6.07) is 5.46. The smallest absolute Gasteiger partial charge is 0.233 e. The molecule has 3 rings (SSSR count). The third-order valence-corrected chi connectivity index (χ3v) is 4.36. The van der Waals surface area contributed by atoms with E-state index in [1.165, 1.54) is 4.90 Å². The van der Waals surface area contributed by atoms with E-state index in [1.807, 2.05) is 12.1 Å². The highest BCUT2D eigenvalue weighted by Crippen LogP contribution is 2.47. The lowest BCUT2D eigenvalue weighted by Gasteiger charge is -2.17. The van der Waals surface area contributed by atoms with Crippen molar-refractivity contribution in [3.63, 3.8) is 0 Å². The number of nitrogens with zero attached hydrogens (tertiary/aromatic N) is 1. The molecule has 0 bridgehead atoms. The molecule has 2 amide bonds. The van der Waals surface area contributed by atoms with E-state index in [0.717, 1.165) is 16.5 Å². The van der Waals surface area contributed by atoms with Gasteiger partial charge < -0.3 is 5.73 Å². The zero-order valence-electron chi connectivity index (χ0n) is 9.02. The van der Waals surface area contributed by atoms with E-state index in [9.17, 15) is 9.59 Å². The Hall–Kier alpha value is -1.36. The van der Waals surface area contributed by atoms with Crippen molar-refractivity contribution in [1.29, 1.82) is 0 Å². The van der Waals surface area contributed by atoms with Gasteiger partial charge in [0.1, 0.15) is 0 Å². The van der Waals surface area contributed by atoms with Gasteiger partial charge in [0.05, 0.1) is 18.4 Å². The van der Waals surface area contributed by atoms with Crippen molar-refractivity contribution in [3.05, 3.63) is 28.2 Å². The highest BCUT2D eigenvalue weighted by atomic mass is 79.9. The molecule has 1 aliphatic carbocycles. The van der Waals surface area contributed by atoms with Crippen molar-refractivity contribution in [1.82, 2.24) is 4.90 Å². The molecule has 2 atom stereocenters. The van der Waals surface area contributed by atoms with Gasteiger partial charge in [-0.15, -0.1) is 0 Å². The van der Waals surface area contributed by atoms with Crippen LogP contribution in [-0.4, -0.2) is 16.7 Å². The molecule has 0 radical (unpaired) electrons. The molecule has 2 fully saturated rings. The average molecular weight is 295 g/mol. The first-order chi connectivity index (χ1) is 8.09. The van der Waals surface area contributed by atoms with Crippen LogP contribution in [0.2, 0.25) is 0 Å². The molecule has 88 valence electrons. The van der Waals surface area contributed by atoms with Gasteiger partial charge in [0.25, 0.3) is 0 Å². The SMILES string of the molecule is Nc1cccc(CN2C(=O)C3CC3C2=O)c1Br. The topological polar surface area (TPSA) is 63.4 Å². The zero-order valence-corrected chi connectivity index (χ0v) is 10.6. The third-order valence-electron chi connectivity index (χ3n) is 3.39. The molecule has 2 aliphatic rings. The number of nitrogens with two attached hydrogens (primary N) is 1. The van der Waals surface area contributed by atoms with Gasteiger partial charge >= 0.3 is 0 Å². The Balaban J connectivity index is 1.86. The molecular weight excluding hydrogens is 284 g/mol. The number of carbonyl (C=O) groups is 2. The molecule has 1 aromatic rings. The van der Waals surface area contributed by atoms with Crippen molar-refractivity contribution < 1.29 is 9.59 Å². The molecule has 0 aromatic heterocycles. The van der Waals surface area contributed by atoms with E-state index in [1.54, 1.807) is 6.07 Å². The number of amides is 2. The fourth-order valence-corrected chi connectivity index (χ4v) is 2.69. The Morgan fingerprint density at radius 2 is 1.94 bits per heavy atom. The second kappa shape index (κ2) is 3.57. The molecule has 1 aliphatic heterocycles. The third kappa shape index (κ3) is 1.57. The first kappa shape index (κ1) is 10.8. The van der Waals surface area contributed by atoms with Crippen LogP contribution in [0.1, 0.15) is 12.0 Å². The van der Waals surface area contributed by atoms with Crippen LogP contribution in [0.4, 0.5) is 5.69 Å². The van der Waals surface area contributed by atoms with Crippen molar-refractivity contribution in [2.75, 3.05) is 5.73 Å². The molecule has 1 aromatic carbocycles. The van der Waals surface area contributed by atoms with Crippen LogP contribution < -0.4 is 5.73 Å². The van der Waals surface area contributed by atoms with Crippen molar-refractivity contribution >= 4 is 33.4 Å². The first-order valence-corrected chi connectivity index (χ1v) is 6.27. The number of likely N-dealkylation sites (tertiary alicyclic amines) is 1. The summed E-state index contributed by atoms with van der Waals surface area (Å²) in [5, 5.41) is 0. The molecule has 5 heteroatoms. The summed E-state index contributed by atoms with van der Waals surface area (Å²) >= 11 is 3.38. The summed E-state index contributed by atoms with van der Waals surface area (Å²) in [4.78, 5) is 25.0. The summed E-state index contributed by atoms with van der Waals surface area (Å²) in [7, 11) is 0. The molecule has 4 nitrogen and oxygen atoms in total. The number of hydrogen-bond acceptors (Lipinski definition) is 3. The van der Waals surface area contributed by atoms with Crippen LogP contribution in [0.3, 0.4) is 0 Å². The lowest BCUT2D eigenvalue weighted by molar-refractivity contribution is -0.142. The molecule has 1 saturated heterocycles. The van der Waals surface area contributed by atoms with Crippen LogP contribution in [0.5, 0.6) is 0 Å². The fourth-order valence-electron chi connectivity index (χ4n) is 2.30. The number of nitrogen functional groups attached to an aromatic ring is 1. The van der Waals surface area contributed by atoms with Gasteiger partial charge in [-0.3, -0.25) is 14.5 Å². The van der Waals surface area contributed by atoms with Crippen LogP contribution in [-0.2, 0) is 16.1 Å². The predicted molar refractivity (Wildman–Crippen MR) is 65.7 cm³/mol. The summed E-state index contributed by atoms with van der Waals surface area (Å²) in [6.07, 6.45) is 0.742. The summed E-state index contributed by atoms with van der Waals surface area (Å²) in [6.45, 7) is 0.316. The maximum absolute atomic E-state index is 11.8. The molecular formula is C12H11BrN2O2. The summed E-state index contributed by atoms with van der Waals surface area (Å²) in [5.74, 6) is -0.145. The number of imide groups is 1. The number of halogens is 1. The lowest BCUT2D eigenvalue weighted by atomic mass is 10.2. The van der Waals surface area contributed by atoms with Gasteiger partial charge in [-0.05, 0) is 34.0 Å². The quantitative estimate of drug-likeness (QED) is 0.665. The fraction of sp³-hybridized carbons (Fsp3) is 0.333. The van der Waals surface area contributed by atoms with Gasteiger partial charge in [0.15, 0.2) is 0 Å². The van der Waals surface area contributed by atoms with Crippen molar-refractivity contribution in [3.8, 4) is 0 Å². The zero-order chi connectivity index (χ0) is 12.2. The predicted octanol–water partition coefficient (Wildman–Crippen LogP) is 1.54. The minimum atomic E-state index is -0.0395. The van der Waals surface area contributed by atoms with E-state index in [0.29, 0.717) is 12.2 Å². The highest BCUT2D eigenvalue weighted by molar-refractivity contribution is 9.10. The van der Waals surface area contributed by atoms with Gasteiger partial charge in [-0.25, -0.2) is 0 Å².